The van der Waals surface area contributed by atoms with Gasteiger partial charge in [0.1, 0.15) is 5.75 Å². The summed E-state index contributed by atoms with van der Waals surface area (Å²) in [6.07, 6.45) is 0.744. The third-order valence-corrected chi connectivity index (χ3v) is 6.48. The van der Waals surface area contributed by atoms with Crippen molar-refractivity contribution in [3.63, 3.8) is 0 Å². The van der Waals surface area contributed by atoms with Gasteiger partial charge < -0.3 is 4.74 Å². The molecule has 1 aliphatic heterocycles. The van der Waals surface area contributed by atoms with Gasteiger partial charge in [0.15, 0.2) is 0 Å². The average molecular weight is 386 g/mol. The van der Waals surface area contributed by atoms with Crippen LogP contribution in [0.3, 0.4) is 0 Å². The van der Waals surface area contributed by atoms with E-state index in [9.17, 15) is 8.42 Å². The normalized spacial score (nSPS) is 18.7. The third kappa shape index (κ3) is 3.40. The summed E-state index contributed by atoms with van der Waals surface area (Å²) in [4.78, 5) is 0.126. The van der Waals surface area contributed by atoms with E-state index in [4.69, 9.17) is 27.9 Å². The first kappa shape index (κ1) is 17.5. The Bertz CT molecular complexity index is 834. The van der Waals surface area contributed by atoms with Crippen LogP contribution in [0.1, 0.15) is 17.9 Å². The molecule has 0 bridgehead atoms. The summed E-state index contributed by atoms with van der Waals surface area (Å²) in [6, 6.07) is 12.1. The van der Waals surface area contributed by atoms with Gasteiger partial charge >= 0.3 is 0 Å². The van der Waals surface area contributed by atoms with Gasteiger partial charge in [0, 0.05) is 29.1 Å². The molecule has 1 atom stereocenters. The third-order valence-electron chi connectivity index (χ3n) is 4.20. The number of rotatable bonds is 4. The molecule has 0 aliphatic carbocycles. The van der Waals surface area contributed by atoms with Crippen molar-refractivity contribution >= 4 is 33.2 Å². The van der Waals surface area contributed by atoms with Crippen LogP contribution in [0, 0.1) is 0 Å². The number of methoxy groups -OCH3 is 1. The second-order valence-electron chi connectivity index (χ2n) is 5.70. The van der Waals surface area contributed by atoms with Crippen molar-refractivity contribution in [2.24, 2.45) is 0 Å². The van der Waals surface area contributed by atoms with Crippen molar-refractivity contribution in [3.05, 3.63) is 58.1 Å². The van der Waals surface area contributed by atoms with Crippen LogP contribution in [0.5, 0.6) is 5.75 Å². The van der Waals surface area contributed by atoms with Crippen LogP contribution in [0.15, 0.2) is 47.4 Å². The molecule has 0 spiro atoms. The highest BCUT2D eigenvalue weighted by Gasteiger charge is 2.34. The van der Waals surface area contributed by atoms with E-state index in [-0.39, 0.29) is 10.8 Å². The number of hydrogen-bond donors (Lipinski definition) is 0. The summed E-state index contributed by atoms with van der Waals surface area (Å²) in [6.45, 7) is 0.863. The Labute approximate surface area is 152 Å². The van der Waals surface area contributed by atoms with Crippen LogP contribution in [-0.4, -0.2) is 32.9 Å². The number of para-hydroxylation sites is 1. The van der Waals surface area contributed by atoms with E-state index < -0.39 is 10.0 Å². The summed E-state index contributed by atoms with van der Waals surface area (Å²) >= 11 is 11.9. The van der Waals surface area contributed by atoms with E-state index in [2.05, 4.69) is 0 Å². The van der Waals surface area contributed by atoms with Crippen molar-refractivity contribution < 1.29 is 13.2 Å². The highest BCUT2D eigenvalue weighted by molar-refractivity contribution is 7.89. The zero-order chi connectivity index (χ0) is 17.3. The van der Waals surface area contributed by atoms with Crippen molar-refractivity contribution in [3.8, 4) is 5.75 Å². The molecule has 24 heavy (non-hydrogen) atoms. The van der Waals surface area contributed by atoms with Crippen LogP contribution in [0.2, 0.25) is 10.0 Å². The molecule has 1 fully saturated rings. The Balaban J connectivity index is 1.87. The largest absolute Gasteiger partial charge is 0.496 e. The van der Waals surface area contributed by atoms with Crippen LogP contribution in [0.4, 0.5) is 0 Å². The molecular formula is C17H17Cl2NO3S. The van der Waals surface area contributed by atoms with Gasteiger partial charge in [0.25, 0.3) is 0 Å². The molecule has 0 amide bonds. The van der Waals surface area contributed by atoms with E-state index in [1.54, 1.807) is 7.11 Å². The molecule has 4 nitrogen and oxygen atoms in total. The molecule has 1 saturated heterocycles. The van der Waals surface area contributed by atoms with Crippen molar-refractivity contribution in [1.82, 2.24) is 4.31 Å². The first-order valence-electron chi connectivity index (χ1n) is 7.51. The van der Waals surface area contributed by atoms with E-state index in [0.717, 1.165) is 17.7 Å². The van der Waals surface area contributed by atoms with Gasteiger partial charge in [-0.2, -0.15) is 4.31 Å². The highest BCUT2D eigenvalue weighted by atomic mass is 35.5. The van der Waals surface area contributed by atoms with Gasteiger partial charge in [0.2, 0.25) is 10.0 Å². The van der Waals surface area contributed by atoms with Gasteiger partial charge in [0.05, 0.1) is 12.0 Å². The summed E-state index contributed by atoms with van der Waals surface area (Å²) in [5.41, 5.74) is 1.03. The topological polar surface area (TPSA) is 46.6 Å². The van der Waals surface area contributed by atoms with E-state index in [1.165, 1.54) is 22.5 Å². The molecule has 0 N–H and O–H groups in total. The van der Waals surface area contributed by atoms with Crippen LogP contribution < -0.4 is 4.74 Å². The second kappa shape index (κ2) is 6.92. The highest BCUT2D eigenvalue weighted by Crippen LogP contribution is 2.36. The second-order valence-corrected chi connectivity index (χ2v) is 8.51. The average Bonchev–Trinajstić information content (AvgIpc) is 3.04. The van der Waals surface area contributed by atoms with Gasteiger partial charge in [-0.1, -0.05) is 41.4 Å². The number of benzene rings is 2. The first-order valence-corrected chi connectivity index (χ1v) is 9.70. The zero-order valence-electron chi connectivity index (χ0n) is 13.1. The molecule has 2 aromatic carbocycles. The standard InChI is InChI=1S/C17H17Cl2NO3S/c1-23-17-5-3-2-4-16(17)12-6-7-20(11-12)24(21,22)15-9-13(18)8-14(19)10-15/h2-5,8-10,12H,6-7,11H2,1H3. The maximum atomic E-state index is 12.8. The lowest BCUT2D eigenvalue weighted by molar-refractivity contribution is 0.405. The molecule has 0 aromatic heterocycles. The predicted octanol–water partition coefficient (Wildman–Crippen LogP) is 4.18. The Morgan fingerprint density at radius 2 is 1.79 bits per heavy atom. The first-order chi connectivity index (χ1) is 11.4. The fourth-order valence-electron chi connectivity index (χ4n) is 3.03. The minimum absolute atomic E-state index is 0.102. The number of sulfonamides is 1. The summed E-state index contributed by atoms with van der Waals surface area (Å²) < 4.78 is 32.6. The van der Waals surface area contributed by atoms with Crippen LogP contribution in [-0.2, 0) is 10.0 Å². The lowest BCUT2D eigenvalue weighted by atomic mass is 9.97. The number of nitrogens with zero attached hydrogens (tertiary/aromatic N) is 1. The fraction of sp³-hybridized carbons (Fsp3) is 0.294. The van der Waals surface area contributed by atoms with Crippen LogP contribution >= 0.6 is 23.2 Å². The van der Waals surface area contributed by atoms with E-state index >= 15 is 0 Å². The zero-order valence-corrected chi connectivity index (χ0v) is 15.4. The molecule has 0 saturated carbocycles. The SMILES string of the molecule is COc1ccccc1C1CCN(S(=O)(=O)c2cc(Cl)cc(Cl)c2)C1. The summed E-state index contributed by atoms with van der Waals surface area (Å²) in [7, 11) is -2.00. The maximum Gasteiger partial charge on any atom is 0.243 e. The lowest BCUT2D eigenvalue weighted by Crippen LogP contribution is -2.28. The Morgan fingerprint density at radius 1 is 1.12 bits per heavy atom. The van der Waals surface area contributed by atoms with Gasteiger partial charge in [-0.05, 0) is 36.2 Å². The molecule has 3 rings (SSSR count). The Hall–Kier alpha value is -1.27. The number of hydrogen-bond acceptors (Lipinski definition) is 3. The Morgan fingerprint density at radius 3 is 2.46 bits per heavy atom. The molecule has 0 radical (unpaired) electrons. The monoisotopic (exact) mass is 385 g/mol. The van der Waals surface area contributed by atoms with Gasteiger partial charge in [-0.25, -0.2) is 8.42 Å². The quantitative estimate of drug-likeness (QED) is 0.792. The maximum absolute atomic E-state index is 12.8. The molecular weight excluding hydrogens is 369 g/mol. The fourth-order valence-corrected chi connectivity index (χ4v) is 5.26. The molecule has 1 heterocycles. The minimum Gasteiger partial charge on any atom is -0.496 e. The van der Waals surface area contributed by atoms with Crippen molar-refractivity contribution in [2.75, 3.05) is 20.2 Å². The minimum atomic E-state index is -3.62. The molecule has 1 unspecified atom stereocenters. The van der Waals surface area contributed by atoms with Gasteiger partial charge in [-0.15, -0.1) is 0 Å². The lowest BCUT2D eigenvalue weighted by Gasteiger charge is -2.18. The number of ether oxygens (including phenoxy) is 1. The summed E-state index contributed by atoms with van der Waals surface area (Å²) in [5, 5.41) is 0.614. The van der Waals surface area contributed by atoms with Crippen molar-refractivity contribution in [2.45, 2.75) is 17.2 Å². The molecule has 128 valence electrons. The summed E-state index contributed by atoms with van der Waals surface area (Å²) in [5.74, 6) is 0.887. The molecule has 7 heteroatoms. The Kier molecular flexibility index (Phi) is 5.06. The van der Waals surface area contributed by atoms with Crippen molar-refractivity contribution in [1.29, 1.82) is 0 Å². The van der Waals surface area contributed by atoms with E-state index in [1.807, 2.05) is 24.3 Å². The van der Waals surface area contributed by atoms with Gasteiger partial charge in [-0.3, -0.25) is 0 Å². The van der Waals surface area contributed by atoms with Crippen LogP contribution in [0.25, 0.3) is 0 Å². The number of halogens is 2. The smallest absolute Gasteiger partial charge is 0.243 e. The molecule has 1 aliphatic rings. The van der Waals surface area contributed by atoms with E-state index in [0.29, 0.717) is 23.1 Å². The molecule has 2 aromatic rings. The predicted molar refractivity (Wildman–Crippen MR) is 95.6 cm³/mol.